The summed E-state index contributed by atoms with van der Waals surface area (Å²) in [5.74, 6) is 2.34. The maximum Gasteiger partial charge on any atom is 0.149 e. The monoisotopic (exact) mass is 192 g/mol. The number of hydrogen-bond donors (Lipinski definition) is 0. The molecule has 1 rings (SSSR count). The minimum atomic E-state index is 0.0237. The van der Waals surface area contributed by atoms with Gasteiger partial charge in [0.05, 0.1) is 6.42 Å². The first-order valence-corrected chi connectivity index (χ1v) is 4.30. The lowest BCUT2D eigenvalue weighted by Crippen LogP contribution is -2.01. The van der Waals surface area contributed by atoms with Crippen LogP contribution in [0.5, 0.6) is 0 Å². The molecule has 0 aliphatic rings. The molecule has 0 unspecified atom stereocenters. The van der Waals surface area contributed by atoms with E-state index >= 15 is 0 Å². The Hall–Kier alpha value is -1.26. The second-order valence-corrected chi connectivity index (χ2v) is 3.09. The largest absolute Gasteiger partial charge is 0.298 e. The summed E-state index contributed by atoms with van der Waals surface area (Å²) >= 11 is 5.86. The zero-order valence-electron chi connectivity index (χ0n) is 7.09. The minimum Gasteiger partial charge on any atom is -0.298 e. The maximum atomic E-state index is 11.2. The first-order valence-electron chi connectivity index (χ1n) is 3.92. The molecule has 2 heteroatoms. The number of rotatable bonds is 3. The first-order chi connectivity index (χ1) is 6.24. The summed E-state index contributed by atoms with van der Waals surface area (Å²) in [7, 11) is 0. The Kier molecular flexibility index (Phi) is 3.54. The van der Waals surface area contributed by atoms with E-state index in [-0.39, 0.29) is 12.2 Å². The molecule has 0 atom stereocenters. The van der Waals surface area contributed by atoms with Crippen LogP contribution >= 0.6 is 11.6 Å². The summed E-state index contributed by atoms with van der Waals surface area (Å²) < 4.78 is 0. The molecule has 0 aliphatic heterocycles. The van der Waals surface area contributed by atoms with Crippen molar-refractivity contribution in [2.45, 2.75) is 12.8 Å². The highest BCUT2D eigenvalue weighted by Crippen LogP contribution is 2.15. The fourth-order valence-electron chi connectivity index (χ4n) is 1.03. The van der Waals surface area contributed by atoms with E-state index in [1.54, 1.807) is 6.07 Å². The van der Waals surface area contributed by atoms with E-state index in [4.69, 9.17) is 18.0 Å². The first kappa shape index (κ1) is 9.83. The Balaban J connectivity index is 2.70. The van der Waals surface area contributed by atoms with Crippen molar-refractivity contribution in [1.82, 2.24) is 0 Å². The Bertz CT molecular complexity index is 349. The Morgan fingerprint density at radius 1 is 1.46 bits per heavy atom. The van der Waals surface area contributed by atoms with Crippen LogP contribution in [0.25, 0.3) is 0 Å². The van der Waals surface area contributed by atoms with Gasteiger partial charge in [-0.15, -0.1) is 6.42 Å². The zero-order chi connectivity index (χ0) is 9.68. The Morgan fingerprint density at radius 2 is 2.15 bits per heavy atom. The quantitative estimate of drug-likeness (QED) is 0.673. The van der Waals surface area contributed by atoms with Crippen LogP contribution in [0.2, 0.25) is 5.02 Å². The van der Waals surface area contributed by atoms with Crippen LogP contribution in [-0.2, 0) is 11.2 Å². The number of hydrogen-bond acceptors (Lipinski definition) is 1. The molecular weight excluding hydrogens is 184 g/mol. The minimum absolute atomic E-state index is 0.0237. The molecule has 0 saturated heterocycles. The molecule has 0 aliphatic carbocycles. The predicted molar refractivity (Wildman–Crippen MR) is 53.6 cm³/mol. The molecule has 1 nitrogen and oxygen atoms in total. The van der Waals surface area contributed by atoms with Gasteiger partial charge in [0.25, 0.3) is 0 Å². The van der Waals surface area contributed by atoms with Crippen molar-refractivity contribution in [3.05, 3.63) is 34.9 Å². The van der Waals surface area contributed by atoms with Gasteiger partial charge >= 0.3 is 0 Å². The van der Waals surface area contributed by atoms with Crippen molar-refractivity contribution in [2.75, 3.05) is 0 Å². The lowest BCUT2D eigenvalue weighted by molar-refractivity contribution is -0.117. The average molecular weight is 193 g/mol. The highest BCUT2D eigenvalue weighted by molar-refractivity contribution is 6.31. The highest BCUT2D eigenvalue weighted by Gasteiger charge is 2.04. The van der Waals surface area contributed by atoms with Gasteiger partial charge < -0.3 is 0 Å². The van der Waals surface area contributed by atoms with Crippen LogP contribution in [0.1, 0.15) is 12.0 Å². The molecule has 13 heavy (non-hydrogen) atoms. The van der Waals surface area contributed by atoms with E-state index < -0.39 is 0 Å². The molecule has 0 fully saturated rings. The molecule has 0 spiro atoms. The lowest BCUT2D eigenvalue weighted by Gasteiger charge is -2.00. The number of Topliss-reactive ketones (excluding diaryl/α,β-unsaturated/α-hetero) is 1. The molecule has 0 radical (unpaired) electrons. The molecule has 1 aromatic carbocycles. The second kappa shape index (κ2) is 4.69. The number of carbonyl (C=O) groups excluding carboxylic acids is 1. The third-order valence-electron chi connectivity index (χ3n) is 1.64. The van der Waals surface area contributed by atoms with Crippen LogP contribution in [0, 0.1) is 12.3 Å². The van der Waals surface area contributed by atoms with E-state index in [2.05, 4.69) is 5.92 Å². The molecule has 0 aromatic heterocycles. The standard InChI is InChI=1S/C11H9ClO/c1-2-5-10(13)8-9-6-3-4-7-11(9)12/h1,3-4,6-7H,5,8H2. The highest BCUT2D eigenvalue weighted by atomic mass is 35.5. The van der Waals surface area contributed by atoms with Gasteiger partial charge in [-0.05, 0) is 11.6 Å². The van der Waals surface area contributed by atoms with E-state index in [0.717, 1.165) is 5.56 Å². The summed E-state index contributed by atoms with van der Waals surface area (Å²) in [6, 6.07) is 7.28. The van der Waals surface area contributed by atoms with E-state index in [0.29, 0.717) is 11.4 Å². The number of carbonyl (C=O) groups is 1. The molecule has 0 bridgehead atoms. The normalized spacial score (nSPS) is 9.23. The maximum absolute atomic E-state index is 11.2. The van der Waals surface area contributed by atoms with Crippen molar-refractivity contribution in [1.29, 1.82) is 0 Å². The van der Waals surface area contributed by atoms with Gasteiger partial charge in [0.2, 0.25) is 0 Å². The Labute approximate surface area is 82.7 Å². The van der Waals surface area contributed by atoms with Crippen molar-refractivity contribution >= 4 is 17.4 Å². The van der Waals surface area contributed by atoms with Gasteiger partial charge in [-0.1, -0.05) is 35.7 Å². The number of ketones is 1. The third-order valence-corrected chi connectivity index (χ3v) is 2.01. The van der Waals surface area contributed by atoms with Crippen molar-refractivity contribution < 1.29 is 4.79 Å². The summed E-state index contributed by atoms with van der Waals surface area (Å²) in [6.45, 7) is 0. The fourth-order valence-corrected chi connectivity index (χ4v) is 1.23. The smallest absolute Gasteiger partial charge is 0.149 e. The van der Waals surface area contributed by atoms with Gasteiger partial charge in [0.1, 0.15) is 5.78 Å². The molecule has 1 aromatic rings. The van der Waals surface area contributed by atoms with Crippen molar-refractivity contribution in [3.63, 3.8) is 0 Å². The van der Waals surface area contributed by atoms with Crippen LogP contribution in [0.4, 0.5) is 0 Å². The van der Waals surface area contributed by atoms with Gasteiger partial charge in [-0.25, -0.2) is 0 Å². The lowest BCUT2D eigenvalue weighted by atomic mass is 10.1. The van der Waals surface area contributed by atoms with Gasteiger partial charge in [-0.2, -0.15) is 0 Å². The molecule has 0 amide bonds. The van der Waals surface area contributed by atoms with E-state index in [9.17, 15) is 4.79 Å². The average Bonchev–Trinajstić information content (AvgIpc) is 2.09. The Morgan fingerprint density at radius 3 is 2.77 bits per heavy atom. The molecule has 66 valence electrons. The number of halogens is 1. The topological polar surface area (TPSA) is 17.1 Å². The molecule has 0 saturated carbocycles. The van der Waals surface area contributed by atoms with Gasteiger partial charge in [0, 0.05) is 11.4 Å². The SMILES string of the molecule is C#CCC(=O)Cc1ccccc1Cl. The molecule has 0 heterocycles. The number of terminal acetylenes is 1. The van der Waals surface area contributed by atoms with Crippen molar-refractivity contribution in [3.8, 4) is 12.3 Å². The third kappa shape index (κ3) is 2.93. The van der Waals surface area contributed by atoms with E-state index in [1.807, 2.05) is 18.2 Å². The predicted octanol–water partition coefficient (Wildman–Crippen LogP) is 2.47. The summed E-state index contributed by atoms with van der Waals surface area (Å²) in [5, 5.41) is 0.618. The van der Waals surface area contributed by atoms with Crippen LogP contribution < -0.4 is 0 Å². The summed E-state index contributed by atoms with van der Waals surface area (Å²) in [5.41, 5.74) is 0.837. The van der Waals surface area contributed by atoms with Crippen LogP contribution in [-0.4, -0.2) is 5.78 Å². The van der Waals surface area contributed by atoms with E-state index in [1.165, 1.54) is 0 Å². The molecular formula is C11H9ClO. The summed E-state index contributed by atoms with van der Waals surface area (Å²) in [4.78, 5) is 11.2. The van der Waals surface area contributed by atoms with Crippen LogP contribution in [0.15, 0.2) is 24.3 Å². The zero-order valence-corrected chi connectivity index (χ0v) is 7.84. The molecule has 0 N–H and O–H groups in total. The summed E-state index contributed by atoms with van der Waals surface area (Å²) in [6.07, 6.45) is 5.51. The number of benzene rings is 1. The fraction of sp³-hybridized carbons (Fsp3) is 0.182. The van der Waals surface area contributed by atoms with Crippen LogP contribution in [0.3, 0.4) is 0 Å². The van der Waals surface area contributed by atoms with Crippen molar-refractivity contribution in [2.24, 2.45) is 0 Å². The van der Waals surface area contributed by atoms with Gasteiger partial charge in [-0.3, -0.25) is 4.79 Å². The second-order valence-electron chi connectivity index (χ2n) is 2.69. The van der Waals surface area contributed by atoms with Gasteiger partial charge in [0.15, 0.2) is 0 Å².